The fourth-order valence-corrected chi connectivity index (χ4v) is 3.16. The van der Waals surface area contributed by atoms with Gasteiger partial charge in [-0.15, -0.1) is 0 Å². The van der Waals surface area contributed by atoms with E-state index < -0.39 is 45.4 Å². The van der Waals surface area contributed by atoms with Crippen LogP contribution in [-0.2, 0) is 15.7 Å². The van der Waals surface area contributed by atoms with Gasteiger partial charge in [-0.25, -0.2) is 4.79 Å². The van der Waals surface area contributed by atoms with Crippen LogP contribution in [0.4, 0.5) is 30.2 Å². The molecule has 0 radical (unpaired) electrons. The minimum absolute atomic E-state index is 0.179. The van der Waals surface area contributed by atoms with E-state index in [-0.39, 0.29) is 22.5 Å². The van der Waals surface area contributed by atoms with E-state index in [4.69, 9.17) is 22.1 Å². The molecule has 176 valence electrons. The highest BCUT2D eigenvalue weighted by Crippen LogP contribution is 2.36. The Balaban J connectivity index is 1.91. The van der Waals surface area contributed by atoms with Crippen molar-refractivity contribution in [2.24, 2.45) is 0 Å². The molecule has 0 aliphatic carbocycles. The van der Waals surface area contributed by atoms with E-state index in [9.17, 15) is 32.9 Å². The highest BCUT2D eigenvalue weighted by atomic mass is 35.5. The van der Waals surface area contributed by atoms with Crippen molar-refractivity contribution in [2.75, 3.05) is 11.1 Å². The number of carbonyl (C=O) groups excluding carboxylic acids is 2. The normalized spacial score (nSPS) is 12.0. The molecule has 3 aromatic carbocycles. The fraction of sp³-hybridized carbons (Fsp3) is 0.0909. The van der Waals surface area contributed by atoms with E-state index in [0.717, 1.165) is 24.3 Å². The molecule has 12 heteroatoms. The number of nitrogen functional groups attached to an aromatic ring is 1. The number of amides is 1. The van der Waals surface area contributed by atoms with Gasteiger partial charge in [0, 0.05) is 17.3 Å². The maximum atomic E-state index is 13.1. The molecule has 8 nitrogen and oxygen atoms in total. The molecule has 0 aliphatic heterocycles. The van der Waals surface area contributed by atoms with E-state index in [1.165, 1.54) is 18.2 Å². The lowest BCUT2D eigenvalue weighted by Crippen LogP contribution is -2.26. The number of halogens is 4. The van der Waals surface area contributed by atoms with Crippen LogP contribution in [0.25, 0.3) is 0 Å². The molecule has 1 amide bonds. The van der Waals surface area contributed by atoms with Crippen molar-refractivity contribution in [1.29, 1.82) is 0 Å². The standard InChI is InChI=1S/C22H15ClF3N3O5/c23-16-8-7-14(11-15(16)22(24,25)26)28-20(30)19(12-4-2-1-3-5-12)34-21(31)13-6-9-17(27)18(10-13)29(32)33/h1-11,19H,27H2,(H,28,30)/t19-/m0/s1. The first-order valence-electron chi connectivity index (χ1n) is 9.45. The van der Waals surface area contributed by atoms with Crippen LogP contribution in [0.15, 0.2) is 66.7 Å². The van der Waals surface area contributed by atoms with Crippen molar-refractivity contribution in [1.82, 2.24) is 0 Å². The molecule has 3 N–H and O–H groups in total. The Kier molecular flexibility index (Phi) is 7.06. The average molecular weight is 494 g/mol. The molecule has 0 unspecified atom stereocenters. The number of esters is 1. The number of nitrogens with one attached hydrogen (secondary N) is 1. The Labute approximate surface area is 195 Å². The molecule has 0 bridgehead atoms. The van der Waals surface area contributed by atoms with Crippen molar-refractivity contribution >= 4 is 40.5 Å². The summed E-state index contributed by atoms with van der Waals surface area (Å²) in [5, 5.41) is 12.8. The summed E-state index contributed by atoms with van der Waals surface area (Å²) in [6.45, 7) is 0. The van der Waals surface area contributed by atoms with E-state index in [1.807, 2.05) is 0 Å². The third kappa shape index (κ3) is 5.62. The van der Waals surface area contributed by atoms with Gasteiger partial charge in [0.2, 0.25) is 6.10 Å². The lowest BCUT2D eigenvalue weighted by Gasteiger charge is -2.19. The van der Waals surface area contributed by atoms with Crippen molar-refractivity contribution in [2.45, 2.75) is 12.3 Å². The first-order valence-corrected chi connectivity index (χ1v) is 9.82. The Bertz CT molecular complexity index is 1250. The number of nitro benzene ring substituents is 1. The molecule has 0 aliphatic rings. The smallest absolute Gasteiger partial charge is 0.417 e. The average Bonchev–Trinajstić information content (AvgIpc) is 2.78. The predicted molar refractivity (Wildman–Crippen MR) is 117 cm³/mol. The zero-order valence-corrected chi connectivity index (χ0v) is 17.8. The number of ether oxygens (including phenoxy) is 1. The van der Waals surface area contributed by atoms with Gasteiger partial charge < -0.3 is 15.8 Å². The lowest BCUT2D eigenvalue weighted by molar-refractivity contribution is -0.383. The molecule has 0 heterocycles. The largest absolute Gasteiger partial charge is 0.444 e. The van der Waals surface area contributed by atoms with Gasteiger partial charge in [-0.3, -0.25) is 14.9 Å². The van der Waals surface area contributed by atoms with Crippen molar-refractivity contribution in [3.05, 3.63) is 98.6 Å². The second kappa shape index (κ2) is 9.79. The zero-order valence-electron chi connectivity index (χ0n) is 17.0. The Morgan fingerprint density at radius 3 is 2.35 bits per heavy atom. The topological polar surface area (TPSA) is 125 Å². The van der Waals surface area contributed by atoms with Crippen LogP contribution in [0.2, 0.25) is 5.02 Å². The van der Waals surface area contributed by atoms with Gasteiger partial charge in [0.15, 0.2) is 0 Å². The van der Waals surface area contributed by atoms with E-state index in [2.05, 4.69) is 5.32 Å². The molecular formula is C22H15ClF3N3O5. The molecule has 0 aromatic heterocycles. The number of anilines is 2. The van der Waals surface area contributed by atoms with E-state index in [0.29, 0.717) is 6.07 Å². The number of nitro groups is 1. The molecule has 0 saturated heterocycles. The first kappa shape index (κ1) is 24.5. The molecule has 0 fully saturated rings. The van der Waals surface area contributed by atoms with Gasteiger partial charge in [0.1, 0.15) is 5.69 Å². The second-order valence-corrected chi connectivity index (χ2v) is 7.32. The Hall–Kier alpha value is -4.12. The number of rotatable bonds is 6. The zero-order chi connectivity index (χ0) is 25.0. The highest BCUT2D eigenvalue weighted by Gasteiger charge is 2.34. The number of nitrogens with zero attached hydrogens (tertiary/aromatic N) is 1. The van der Waals surface area contributed by atoms with E-state index >= 15 is 0 Å². The third-order valence-corrected chi connectivity index (χ3v) is 4.90. The maximum Gasteiger partial charge on any atom is 0.417 e. The number of carbonyl (C=O) groups is 2. The second-order valence-electron chi connectivity index (χ2n) is 6.91. The van der Waals surface area contributed by atoms with Crippen molar-refractivity contribution < 1.29 is 32.4 Å². The summed E-state index contributed by atoms with van der Waals surface area (Å²) in [7, 11) is 0. The molecule has 0 spiro atoms. The summed E-state index contributed by atoms with van der Waals surface area (Å²) < 4.78 is 44.7. The van der Waals surface area contributed by atoms with Gasteiger partial charge in [0.25, 0.3) is 11.6 Å². The van der Waals surface area contributed by atoms with Gasteiger partial charge in [-0.05, 0) is 30.3 Å². The molecule has 1 atom stereocenters. The summed E-state index contributed by atoms with van der Waals surface area (Å²) in [4.78, 5) is 35.9. The highest BCUT2D eigenvalue weighted by molar-refractivity contribution is 6.31. The van der Waals surface area contributed by atoms with Crippen LogP contribution in [0.5, 0.6) is 0 Å². The molecule has 3 rings (SSSR count). The van der Waals surface area contributed by atoms with Gasteiger partial charge >= 0.3 is 12.1 Å². The maximum absolute atomic E-state index is 13.1. The lowest BCUT2D eigenvalue weighted by atomic mass is 10.1. The first-order chi connectivity index (χ1) is 16.0. The van der Waals surface area contributed by atoms with Crippen LogP contribution < -0.4 is 11.1 Å². The molecular weight excluding hydrogens is 479 g/mol. The quantitative estimate of drug-likeness (QED) is 0.205. The molecule has 34 heavy (non-hydrogen) atoms. The van der Waals surface area contributed by atoms with Crippen LogP contribution in [-0.4, -0.2) is 16.8 Å². The Morgan fingerprint density at radius 2 is 1.74 bits per heavy atom. The summed E-state index contributed by atoms with van der Waals surface area (Å²) in [6.07, 6.45) is -6.34. The number of hydrogen-bond acceptors (Lipinski definition) is 6. The van der Waals surface area contributed by atoms with Crippen LogP contribution in [0.1, 0.15) is 27.6 Å². The predicted octanol–water partition coefficient (Wildman–Crippen LogP) is 5.39. The molecule has 0 saturated carbocycles. The minimum Gasteiger partial charge on any atom is -0.444 e. The SMILES string of the molecule is Nc1ccc(C(=O)O[C@H](C(=O)Nc2ccc(Cl)c(C(F)(F)F)c2)c2ccccc2)cc1[N+](=O)[O-]. The third-order valence-electron chi connectivity index (χ3n) is 4.57. The van der Waals surface area contributed by atoms with Gasteiger partial charge in [-0.2, -0.15) is 13.2 Å². The van der Waals surface area contributed by atoms with Crippen molar-refractivity contribution in [3.63, 3.8) is 0 Å². The summed E-state index contributed by atoms with van der Waals surface area (Å²) >= 11 is 5.60. The van der Waals surface area contributed by atoms with Gasteiger partial charge in [-0.1, -0.05) is 41.9 Å². The fourth-order valence-electron chi connectivity index (χ4n) is 2.93. The number of benzene rings is 3. The van der Waals surface area contributed by atoms with E-state index in [1.54, 1.807) is 18.2 Å². The summed E-state index contributed by atoms with van der Waals surface area (Å²) in [6, 6.07) is 13.7. The van der Waals surface area contributed by atoms with Gasteiger partial charge in [0.05, 0.1) is 21.1 Å². The minimum atomic E-state index is -4.76. The Morgan fingerprint density at radius 1 is 1.06 bits per heavy atom. The van der Waals surface area contributed by atoms with Crippen LogP contribution in [0.3, 0.4) is 0 Å². The van der Waals surface area contributed by atoms with Crippen LogP contribution in [0, 0.1) is 10.1 Å². The number of alkyl halides is 3. The summed E-state index contributed by atoms with van der Waals surface area (Å²) in [5.41, 5.74) is 3.38. The molecule has 3 aromatic rings. The van der Waals surface area contributed by atoms with Crippen molar-refractivity contribution in [3.8, 4) is 0 Å². The monoisotopic (exact) mass is 493 g/mol. The van der Waals surface area contributed by atoms with Crippen LogP contribution >= 0.6 is 11.6 Å². The summed E-state index contributed by atoms with van der Waals surface area (Å²) in [5.74, 6) is -2.04. The number of nitrogens with two attached hydrogens (primary N) is 1. The number of hydrogen-bond donors (Lipinski definition) is 2.